The Balaban J connectivity index is 1.50. The van der Waals surface area contributed by atoms with Gasteiger partial charge in [-0.25, -0.2) is 0 Å². The minimum Gasteiger partial charge on any atom is -0.492 e. The molecule has 6 heteroatoms. The van der Waals surface area contributed by atoms with E-state index in [9.17, 15) is 14.4 Å². The molecule has 0 spiro atoms. The zero-order valence-electron chi connectivity index (χ0n) is 14.2. The average Bonchev–Trinajstić information content (AvgIpc) is 2.90. The minimum atomic E-state index is -0.803. The van der Waals surface area contributed by atoms with Crippen LogP contribution in [0.25, 0.3) is 0 Å². The van der Waals surface area contributed by atoms with Crippen LogP contribution in [0.1, 0.15) is 19.8 Å². The largest absolute Gasteiger partial charge is 0.492 e. The van der Waals surface area contributed by atoms with Gasteiger partial charge in [-0.1, -0.05) is 30.4 Å². The number of nitrogens with zero attached hydrogens (tertiary/aromatic N) is 1. The molecule has 0 aromatic heterocycles. The molecule has 2 aliphatic rings. The van der Waals surface area contributed by atoms with Crippen molar-refractivity contribution in [3.8, 4) is 5.75 Å². The Hall–Kier alpha value is -2.63. The normalized spacial score (nSPS) is 23.3. The summed E-state index contributed by atoms with van der Waals surface area (Å²) in [5, 5.41) is 2.73. The van der Waals surface area contributed by atoms with Crippen molar-refractivity contribution in [1.82, 2.24) is 10.2 Å². The molecule has 0 saturated carbocycles. The van der Waals surface area contributed by atoms with Gasteiger partial charge in [0.15, 0.2) is 0 Å². The van der Waals surface area contributed by atoms with Crippen LogP contribution in [-0.2, 0) is 14.4 Å². The van der Waals surface area contributed by atoms with Crippen LogP contribution < -0.4 is 10.1 Å². The third-order valence-corrected chi connectivity index (χ3v) is 4.72. The molecule has 1 N–H and O–H groups in total. The smallest absolute Gasteiger partial charge is 0.243 e. The fourth-order valence-corrected chi connectivity index (χ4v) is 3.33. The lowest BCUT2D eigenvalue weighted by molar-refractivity contribution is -0.147. The second-order valence-electron chi connectivity index (χ2n) is 6.33. The molecule has 1 saturated heterocycles. The Morgan fingerprint density at radius 3 is 2.36 bits per heavy atom. The van der Waals surface area contributed by atoms with E-state index in [2.05, 4.69) is 5.32 Å². The summed E-state index contributed by atoms with van der Waals surface area (Å²) >= 11 is 0. The van der Waals surface area contributed by atoms with Crippen LogP contribution in [0.2, 0.25) is 0 Å². The molecular formula is C19H22N2O4. The molecule has 0 unspecified atom stereocenters. The molecular weight excluding hydrogens is 320 g/mol. The van der Waals surface area contributed by atoms with Crippen LogP contribution >= 0.6 is 0 Å². The molecule has 0 bridgehead atoms. The van der Waals surface area contributed by atoms with Crippen molar-refractivity contribution >= 4 is 17.7 Å². The number of para-hydroxylation sites is 1. The summed E-state index contributed by atoms with van der Waals surface area (Å²) in [5.74, 6) is -0.704. The van der Waals surface area contributed by atoms with Gasteiger partial charge in [-0.05, 0) is 31.9 Å². The van der Waals surface area contributed by atoms with E-state index >= 15 is 0 Å². The molecule has 1 aliphatic carbocycles. The molecule has 25 heavy (non-hydrogen) atoms. The van der Waals surface area contributed by atoms with Gasteiger partial charge in [0.05, 0.1) is 18.4 Å². The molecule has 1 aromatic rings. The average molecular weight is 342 g/mol. The molecule has 1 aliphatic heterocycles. The maximum absolute atomic E-state index is 12.5. The Bertz CT molecular complexity index is 660. The van der Waals surface area contributed by atoms with Crippen molar-refractivity contribution < 1.29 is 19.1 Å². The summed E-state index contributed by atoms with van der Waals surface area (Å²) in [6, 6.07) is 8.50. The molecule has 132 valence electrons. The van der Waals surface area contributed by atoms with Crippen LogP contribution in [0, 0.1) is 11.8 Å². The predicted molar refractivity (Wildman–Crippen MR) is 91.6 cm³/mol. The minimum absolute atomic E-state index is 0.234. The highest BCUT2D eigenvalue weighted by Crippen LogP contribution is 2.36. The van der Waals surface area contributed by atoms with E-state index in [1.807, 2.05) is 42.5 Å². The molecule has 3 rings (SSSR count). The predicted octanol–water partition coefficient (Wildman–Crippen LogP) is 1.52. The molecule has 3 atom stereocenters. The molecule has 6 nitrogen and oxygen atoms in total. The van der Waals surface area contributed by atoms with Gasteiger partial charge >= 0.3 is 0 Å². The molecule has 1 aromatic carbocycles. The van der Waals surface area contributed by atoms with Gasteiger partial charge < -0.3 is 10.1 Å². The van der Waals surface area contributed by atoms with Crippen LogP contribution in [0.4, 0.5) is 0 Å². The first-order valence-electron chi connectivity index (χ1n) is 8.57. The van der Waals surface area contributed by atoms with Gasteiger partial charge in [0.1, 0.15) is 18.4 Å². The van der Waals surface area contributed by atoms with E-state index in [0.29, 0.717) is 26.0 Å². The third-order valence-electron chi connectivity index (χ3n) is 4.72. The Kier molecular flexibility index (Phi) is 5.16. The number of ether oxygens (including phenoxy) is 1. The number of carbonyl (C=O) groups is 3. The number of rotatable bonds is 6. The number of fused-ring (bicyclic) bond motifs is 1. The summed E-state index contributed by atoms with van der Waals surface area (Å²) < 4.78 is 5.51. The highest BCUT2D eigenvalue weighted by molar-refractivity contribution is 6.08. The van der Waals surface area contributed by atoms with Crippen molar-refractivity contribution in [1.29, 1.82) is 0 Å². The molecule has 0 radical (unpaired) electrons. The summed E-state index contributed by atoms with van der Waals surface area (Å²) in [6.45, 7) is 2.22. The third kappa shape index (κ3) is 3.57. The van der Waals surface area contributed by atoms with Crippen molar-refractivity contribution in [3.63, 3.8) is 0 Å². The summed E-state index contributed by atoms with van der Waals surface area (Å²) in [6.07, 6.45) is 5.01. The highest BCUT2D eigenvalue weighted by Gasteiger charge is 2.49. The SMILES string of the molecule is C[C@H](C(=O)NCCOc1ccccc1)N1C(=O)[C@H]2CC=CC[C@H]2C1=O. The highest BCUT2D eigenvalue weighted by atomic mass is 16.5. The number of hydrogen-bond donors (Lipinski definition) is 1. The lowest BCUT2D eigenvalue weighted by atomic mass is 9.85. The zero-order chi connectivity index (χ0) is 17.8. The molecule has 1 fully saturated rings. The number of allylic oxidation sites excluding steroid dienone is 2. The zero-order valence-corrected chi connectivity index (χ0v) is 14.2. The summed E-state index contributed by atoms with van der Waals surface area (Å²) in [4.78, 5) is 38.4. The first kappa shape index (κ1) is 17.2. The number of hydrogen-bond acceptors (Lipinski definition) is 4. The number of likely N-dealkylation sites (tertiary alicyclic amines) is 1. The van der Waals surface area contributed by atoms with Crippen LogP contribution in [-0.4, -0.2) is 41.8 Å². The Morgan fingerprint density at radius 1 is 1.16 bits per heavy atom. The quantitative estimate of drug-likeness (QED) is 0.483. The number of imide groups is 1. The lowest BCUT2D eigenvalue weighted by Gasteiger charge is -2.22. The van der Waals surface area contributed by atoms with Crippen molar-refractivity contribution in [2.24, 2.45) is 11.8 Å². The monoisotopic (exact) mass is 342 g/mol. The number of carbonyl (C=O) groups excluding carboxylic acids is 3. The molecule has 1 heterocycles. The number of benzene rings is 1. The summed E-state index contributed by atoms with van der Waals surface area (Å²) in [7, 11) is 0. The lowest BCUT2D eigenvalue weighted by Crippen LogP contribution is -2.49. The van der Waals surface area contributed by atoms with Crippen molar-refractivity contribution in [3.05, 3.63) is 42.5 Å². The number of nitrogens with one attached hydrogen (secondary N) is 1. The fourth-order valence-electron chi connectivity index (χ4n) is 3.33. The van der Waals surface area contributed by atoms with Crippen LogP contribution in [0.5, 0.6) is 5.75 Å². The van der Waals surface area contributed by atoms with Gasteiger partial charge in [0.25, 0.3) is 0 Å². The van der Waals surface area contributed by atoms with Gasteiger partial charge in [-0.15, -0.1) is 0 Å². The Morgan fingerprint density at radius 2 is 1.76 bits per heavy atom. The van der Waals surface area contributed by atoms with E-state index in [-0.39, 0.29) is 29.6 Å². The fraction of sp³-hybridized carbons (Fsp3) is 0.421. The standard InChI is InChI=1S/C19H22N2O4/c1-13(17(22)20-11-12-25-14-7-3-2-4-8-14)21-18(23)15-9-5-6-10-16(15)19(21)24/h2-8,13,15-16H,9-12H2,1H3,(H,20,22)/t13-,15-,16+/m1/s1. The first-order valence-corrected chi connectivity index (χ1v) is 8.57. The van der Waals surface area contributed by atoms with E-state index in [1.165, 1.54) is 0 Å². The van der Waals surface area contributed by atoms with E-state index in [1.54, 1.807) is 6.92 Å². The summed E-state index contributed by atoms with van der Waals surface area (Å²) in [5.41, 5.74) is 0. The van der Waals surface area contributed by atoms with Crippen LogP contribution in [0.3, 0.4) is 0 Å². The topological polar surface area (TPSA) is 75.7 Å². The van der Waals surface area contributed by atoms with Gasteiger partial charge in [-0.3, -0.25) is 19.3 Å². The van der Waals surface area contributed by atoms with Gasteiger partial charge in [0.2, 0.25) is 17.7 Å². The van der Waals surface area contributed by atoms with E-state index < -0.39 is 6.04 Å². The van der Waals surface area contributed by atoms with Crippen molar-refractivity contribution in [2.75, 3.05) is 13.2 Å². The van der Waals surface area contributed by atoms with Crippen molar-refractivity contribution in [2.45, 2.75) is 25.8 Å². The number of amides is 3. The Labute approximate surface area is 146 Å². The van der Waals surface area contributed by atoms with Gasteiger partial charge in [-0.2, -0.15) is 0 Å². The molecule has 3 amide bonds. The van der Waals surface area contributed by atoms with E-state index in [0.717, 1.165) is 10.6 Å². The second kappa shape index (κ2) is 7.51. The van der Waals surface area contributed by atoms with Gasteiger partial charge in [0, 0.05) is 0 Å². The van der Waals surface area contributed by atoms with Crippen LogP contribution in [0.15, 0.2) is 42.5 Å². The first-order chi connectivity index (χ1) is 12.1. The second-order valence-corrected chi connectivity index (χ2v) is 6.33. The maximum atomic E-state index is 12.5. The van der Waals surface area contributed by atoms with E-state index in [4.69, 9.17) is 4.74 Å². The maximum Gasteiger partial charge on any atom is 0.243 e.